The zero-order chi connectivity index (χ0) is 14.8. The molecule has 7 heteroatoms. The van der Waals surface area contributed by atoms with Crippen molar-refractivity contribution in [2.75, 3.05) is 6.54 Å². The van der Waals surface area contributed by atoms with E-state index < -0.39 is 0 Å². The van der Waals surface area contributed by atoms with E-state index in [1.54, 1.807) is 11.3 Å². The molecule has 1 N–H and O–H groups in total. The van der Waals surface area contributed by atoms with E-state index in [0.717, 1.165) is 15.9 Å². The van der Waals surface area contributed by atoms with E-state index in [9.17, 15) is 4.79 Å². The Balaban J connectivity index is 1.84. The number of thiophene rings is 1. The zero-order valence-electron chi connectivity index (χ0n) is 12.1. The van der Waals surface area contributed by atoms with Crippen LogP contribution in [0, 0.1) is 0 Å². The zero-order valence-corrected chi connectivity index (χ0v) is 13.7. The summed E-state index contributed by atoms with van der Waals surface area (Å²) in [6.45, 7) is 4.49. The average Bonchev–Trinajstić information content (AvgIpc) is 3.01. The van der Waals surface area contributed by atoms with Crippen molar-refractivity contribution in [2.24, 2.45) is 0 Å². The summed E-state index contributed by atoms with van der Waals surface area (Å²) in [6, 6.07) is 4.58. The third-order valence-electron chi connectivity index (χ3n) is 3.32. The quantitative estimate of drug-likeness (QED) is 0.831. The summed E-state index contributed by atoms with van der Waals surface area (Å²) in [5.41, 5.74) is 0. The van der Waals surface area contributed by atoms with Gasteiger partial charge in [-0.15, -0.1) is 21.5 Å². The summed E-state index contributed by atoms with van der Waals surface area (Å²) in [6.07, 6.45) is 2.33. The van der Waals surface area contributed by atoms with Crippen molar-refractivity contribution < 1.29 is 4.79 Å². The van der Waals surface area contributed by atoms with Gasteiger partial charge in [-0.2, -0.15) is 0 Å². The van der Waals surface area contributed by atoms with Crippen LogP contribution in [-0.4, -0.2) is 32.5 Å². The van der Waals surface area contributed by atoms with Crippen molar-refractivity contribution in [1.29, 1.82) is 0 Å². The number of aromatic nitrogens is 3. The fourth-order valence-electron chi connectivity index (χ4n) is 2.12. The van der Waals surface area contributed by atoms with Gasteiger partial charge < -0.3 is 5.32 Å². The lowest BCUT2D eigenvalue weighted by molar-refractivity contribution is -0.120. The molecule has 0 saturated heterocycles. The predicted molar refractivity (Wildman–Crippen MR) is 85.6 cm³/mol. The van der Waals surface area contributed by atoms with Crippen LogP contribution >= 0.6 is 23.1 Å². The van der Waals surface area contributed by atoms with Gasteiger partial charge in [-0.05, 0) is 38.1 Å². The molecule has 5 nitrogen and oxygen atoms in total. The number of hydrogen-bond acceptors (Lipinski definition) is 5. The molecule has 112 valence electrons. The van der Waals surface area contributed by atoms with E-state index in [1.807, 2.05) is 25.3 Å². The SMILES string of the molecule is CCNC(=O)[C@H](C)Sc1nnc(-c2cccs2)n1C1CC1. The first kappa shape index (κ1) is 14.6. The number of nitrogens with zero attached hydrogens (tertiary/aromatic N) is 3. The number of hydrogen-bond donors (Lipinski definition) is 1. The van der Waals surface area contributed by atoms with Crippen LogP contribution in [0.1, 0.15) is 32.7 Å². The van der Waals surface area contributed by atoms with Crippen LogP contribution in [0.25, 0.3) is 10.7 Å². The topological polar surface area (TPSA) is 59.8 Å². The molecule has 0 radical (unpaired) electrons. The molecule has 21 heavy (non-hydrogen) atoms. The Kier molecular flexibility index (Phi) is 4.30. The standard InChI is InChI=1S/C14H18N4OS2/c1-3-15-13(19)9(2)21-14-17-16-12(11-5-4-8-20-11)18(14)10-6-7-10/h4-5,8-10H,3,6-7H2,1-2H3,(H,15,19)/t9-/m0/s1. The maximum absolute atomic E-state index is 11.9. The van der Waals surface area contributed by atoms with Crippen LogP contribution in [-0.2, 0) is 4.79 Å². The van der Waals surface area contributed by atoms with Gasteiger partial charge in [0.25, 0.3) is 0 Å². The minimum Gasteiger partial charge on any atom is -0.355 e. The lowest BCUT2D eigenvalue weighted by Crippen LogP contribution is -2.30. The fourth-order valence-corrected chi connectivity index (χ4v) is 3.77. The molecule has 1 fully saturated rings. The van der Waals surface area contributed by atoms with Gasteiger partial charge in [-0.1, -0.05) is 17.8 Å². The number of carbonyl (C=O) groups is 1. The molecule has 1 amide bonds. The summed E-state index contributed by atoms with van der Waals surface area (Å²) < 4.78 is 2.20. The predicted octanol–water partition coefficient (Wildman–Crippen LogP) is 2.96. The summed E-state index contributed by atoms with van der Waals surface area (Å²) in [5.74, 6) is 0.976. The summed E-state index contributed by atoms with van der Waals surface area (Å²) in [4.78, 5) is 13.0. The van der Waals surface area contributed by atoms with E-state index in [-0.39, 0.29) is 11.2 Å². The van der Waals surface area contributed by atoms with E-state index in [4.69, 9.17) is 0 Å². The third kappa shape index (κ3) is 3.13. The number of thioether (sulfide) groups is 1. The lowest BCUT2D eigenvalue weighted by Gasteiger charge is -2.12. The molecular weight excluding hydrogens is 304 g/mol. The average molecular weight is 322 g/mol. The molecule has 2 heterocycles. The van der Waals surface area contributed by atoms with Crippen molar-refractivity contribution in [1.82, 2.24) is 20.1 Å². The summed E-state index contributed by atoms with van der Waals surface area (Å²) >= 11 is 3.16. The van der Waals surface area contributed by atoms with Gasteiger partial charge in [0, 0.05) is 12.6 Å². The molecule has 1 aliphatic rings. The second-order valence-corrected chi connectivity index (χ2v) is 7.29. The Morgan fingerprint density at radius 1 is 1.57 bits per heavy atom. The molecule has 0 unspecified atom stereocenters. The Labute approximate surface area is 132 Å². The smallest absolute Gasteiger partial charge is 0.233 e. The van der Waals surface area contributed by atoms with Gasteiger partial charge in [0.2, 0.25) is 5.91 Å². The third-order valence-corrected chi connectivity index (χ3v) is 5.24. The van der Waals surface area contributed by atoms with Gasteiger partial charge in [0.15, 0.2) is 11.0 Å². The van der Waals surface area contributed by atoms with Crippen LogP contribution in [0.5, 0.6) is 0 Å². The molecule has 0 aliphatic heterocycles. The second-order valence-electron chi connectivity index (χ2n) is 5.04. The Morgan fingerprint density at radius 2 is 2.38 bits per heavy atom. The highest BCUT2D eigenvalue weighted by molar-refractivity contribution is 8.00. The number of nitrogens with one attached hydrogen (secondary N) is 1. The highest BCUT2D eigenvalue weighted by Crippen LogP contribution is 2.42. The van der Waals surface area contributed by atoms with Crippen LogP contribution in [0.3, 0.4) is 0 Å². The van der Waals surface area contributed by atoms with Crippen LogP contribution < -0.4 is 5.32 Å². The van der Waals surface area contributed by atoms with Gasteiger partial charge in [0.05, 0.1) is 10.1 Å². The molecule has 0 bridgehead atoms. The summed E-state index contributed by atoms with van der Waals surface area (Å²) in [5, 5.41) is 14.2. The first-order valence-corrected chi connectivity index (χ1v) is 8.89. The maximum Gasteiger partial charge on any atom is 0.233 e. The van der Waals surface area contributed by atoms with Crippen molar-refractivity contribution in [3.63, 3.8) is 0 Å². The number of amides is 1. The first-order chi connectivity index (χ1) is 10.2. The van der Waals surface area contributed by atoms with Crippen molar-refractivity contribution in [2.45, 2.75) is 43.1 Å². The largest absolute Gasteiger partial charge is 0.355 e. The number of carbonyl (C=O) groups excluding carboxylic acids is 1. The minimum absolute atomic E-state index is 0.0468. The molecular formula is C14H18N4OS2. The van der Waals surface area contributed by atoms with Crippen molar-refractivity contribution in [3.05, 3.63) is 17.5 Å². The molecule has 0 aromatic carbocycles. The van der Waals surface area contributed by atoms with Gasteiger partial charge in [-0.3, -0.25) is 9.36 Å². The molecule has 1 atom stereocenters. The fraction of sp³-hybridized carbons (Fsp3) is 0.500. The van der Waals surface area contributed by atoms with Crippen molar-refractivity contribution >= 4 is 29.0 Å². The normalized spacial score (nSPS) is 15.9. The second kappa shape index (κ2) is 6.19. The van der Waals surface area contributed by atoms with E-state index in [0.29, 0.717) is 12.6 Å². The first-order valence-electron chi connectivity index (χ1n) is 7.13. The molecule has 2 aromatic rings. The highest BCUT2D eigenvalue weighted by Gasteiger charge is 2.31. The Morgan fingerprint density at radius 3 is 3.00 bits per heavy atom. The van der Waals surface area contributed by atoms with E-state index in [1.165, 1.54) is 24.6 Å². The van der Waals surface area contributed by atoms with Crippen LogP contribution in [0.2, 0.25) is 0 Å². The van der Waals surface area contributed by atoms with Gasteiger partial charge in [0.1, 0.15) is 0 Å². The molecule has 0 spiro atoms. The van der Waals surface area contributed by atoms with Crippen molar-refractivity contribution in [3.8, 4) is 10.7 Å². The highest BCUT2D eigenvalue weighted by atomic mass is 32.2. The van der Waals surface area contributed by atoms with E-state index >= 15 is 0 Å². The Hall–Kier alpha value is -1.34. The van der Waals surface area contributed by atoms with E-state index in [2.05, 4.69) is 26.1 Å². The van der Waals surface area contributed by atoms with Gasteiger partial charge in [-0.25, -0.2) is 0 Å². The molecule has 3 rings (SSSR count). The number of rotatable bonds is 6. The maximum atomic E-state index is 11.9. The van der Waals surface area contributed by atoms with Gasteiger partial charge >= 0.3 is 0 Å². The monoisotopic (exact) mass is 322 g/mol. The minimum atomic E-state index is -0.164. The lowest BCUT2D eigenvalue weighted by atomic mass is 10.4. The van der Waals surface area contributed by atoms with Crippen LogP contribution in [0.15, 0.2) is 22.7 Å². The molecule has 2 aromatic heterocycles. The molecule has 1 saturated carbocycles. The van der Waals surface area contributed by atoms with Crippen LogP contribution in [0.4, 0.5) is 0 Å². The Bertz CT molecular complexity index is 619. The summed E-state index contributed by atoms with van der Waals surface area (Å²) in [7, 11) is 0. The molecule has 1 aliphatic carbocycles.